The molecule has 0 aliphatic carbocycles. The molecule has 6 nitrogen and oxygen atoms in total. The molecule has 86 valence electrons. The molecular formula is C9H10AsNO5. The molecule has 0 fully saturated rings. The number of rotatable bonds is 4. The van der Waals surface area contributed by atoms with Gasteiger partial charge < -0.3 is 0 Å². The molecule has 0 aromatic heterocycles. The van der Waals surface area contributed by atoms with Crippen LogP contribution >= 0.6 is 0 Å². The van der Waals surface area contributed by atoms with Crippen molar-refractivity contribution in [3.8, 4) is 0 Å². The summed E-state index contributed by atoms with van der Waals surface area (Å²) in [4.78, 5) is 21.5. The van der Waals surface area contributed by atoms with Crippen LogP contribution in [0.15, 0.2) is 24.3 Å². The summed E-state index contributed by atoms with van der Waals surface area (Å²) < 4.78 is 18.3. The Balaban J connectivity index is 2.66. The Morgan fingerprint density at radius 2 is 1.75 bits per heavy atom. The Bertz CT molecular complexity index is 389. The molecule has 1 amide bonds. The molecule has 0 atom stereocenters. The number of hydrogen-bond donors (Lipinski definition) is 4. The van der Waals surface area contributed by atoms with Crippen molar-refractivity contribution in [1.82, 2.24) is 5.32 Å². The van der Waals surface area contributed by atoms with E-state index in [9.17, 15) is 9.59 Å². The summed E-state index contributed by atoms with van der Waals surface area (Å²) in [5, 5.41) is 10.5. The summed E-state index contributed by atoms with van der Waals surface area (Å²) >= 11 is -2.90. The quantitative estimate of drug-likeness (QED) is 0.488. The van der Waals surface area contributed by atoms with Crippen LogP contribution in [0, 0.1) is 0 Å². The van der Waals surface area contributed by atoms with Gasteiger partial charge in [-0.3, -0.25) is 0 Å². The zero-order chi connectivity index (χ0) is 12.1. The van der Waals surface area contributed by atoms with Crippen molar-refractivity contribution in [2.24, 2.45) is 0 Å². The van der Waals surface area contributed by atoms with Crippen LogP contribution in [-0.2, 0) is 4.79 Å². The number of carboxylic acids is 1. The number of carboxylic acid groups (broad SMARTS) is 1. The molecule has 1 aromatic rings. The number of hydrogen-bond acceptors (Lipinski definition) is 4. The van der Waals surface area contributed by atoms with Crippen LogP contribution < -0.4 is 9.67 Å². The molecule has 1 rings (SSSR count). The van der Waals surface area contributed by atoms with Crippen LogP contribution in [-0.4, -0.2) is 47.1 Å². The molecule has 16 heavy (non-hydrogen) atoms. The fourth-order valence-electron chi connectivity index (χ4n) is 1.00. The van der Waals surface area contributed by atoms with Gasteiger partial charge in [-0.25, -0.2) is 0 Å². The van der Waals surface area contributed by atoms with Gasteiger partial charge in [0.2, 0.25) is 0 Å². The molecule has 0 heterocycles. The molecule has 7 heteroatoms. The summed E-state index contributed by atoms with van der Waals surface area (Å²) in [5.74, 6) is -1.63. The Labute approximate surface area is 96.5 Å². The number of amides is 1. The van der Waals surface area contributed by atoms with Crippen molar-refractivity contribution in [3.63, 3.8) is 0 Å². The third-order valence-electron chi connectivity index (χ3n) is 1.76. The fourth-order valence-corrected chi connectivity index (χ4v) is 1.88. The van der Waals surface area contributed by atoms with Crippen molar-refractivity contribution in [2.75, 3.05) is 6.54 Å². The topological polar surface area (TPSA) is 107 Å². The van der Waals surface area contributed by atoms with Gasteiger partial charge in [0.05, 0.1) is 0 Å². The monoisotopic (exact) mass is 287 g/mol. The first kappa shape index (κ1) is 12.7. The second-order valence-electron chi connectivity index (χ2n) is 2.91. The second-order valence-corrected chi connectivity index (χ2v) is 5.21. The summed E-state index contributed by atoms with van der Waals surface area (Å²) in [7, 11) is 0. The van der Waals surface area contributed by atoms with E-state index in [1.165, 1.54) is 24.3 Å². The molecular weight excluding hydrogens is 277 g/mol. The van der Waals surface area contributed by atoms with Gasteiger partial charge in [-0.2, -0.15) is 0 Å². The van der Waals surface area contributed by atoms with E-state index in [1.54, 1.807) is 0 Å². The Kier molecular flexibility index (Phi) is 4.49. The summed E-state index contributed by atoms with van der Waals surface area (Å²) in [6, 6.07) is 5.72. The van der Waals surface area contributed by atoms with Crippen LogP contribution in [0.4, 0.5) is 0 Å². The second kappa shape index (κ2) is 5.65. The number of benzene rings is 1. The van der Waals surface area contributed by atoms with Gasteiger partial charge in [-0.05, 0) is 0 Å². The molecule has 0 aliphatic heterocycles. The van der Waals surface area contributed by atoms with Crippen LogP contribution in [0.2, 0.25) is 0 Å². The fraction of sp³-hybridized carbons (Fsp3) is 0.111. The van der Waals surface area contributed by atoms with Crippen molar-refractivity contribution in [1.29, 1.82) is 0 Å². The molecule has 0 saturated heterocycles. The maximum absolute atomic E-state index is 11.3. The first-order valence-corrected chi connectivity index (χ1v) is 6.90. The number of carbonyl (C=O) groups is 2. The van der Waals surface area contributed by atoms with E-state index < -0.39 is 33.8 Å². The predicted molar refractivity (Wildman–Crippen MR) is 56.2 cm³/mol. The average Bonchev–Trinajstić information content (AvgIpc) is 2.26. The standard InChI is InChI=1S/C9H10AsNO5/c12-8(13)5-11-9(14)6-1-3-7(4-2-6)10(15)16/h1-4,15-16H,5H2,(H,11,14)(H,12,13). The molecule has 0 aliphatic rings. The van der Waals surface area contributed by atoms with E-state index in [-0.39, 0.29) is 5.56 Å². The van der Waals surface area contributed by atoms with Crippen LogP contribution in [0.3, 0.4) is 0 Å². The Hall–Kier alpha value is -1.36. The average molecular weight is 287 g/mol. The summed E-state index contributed by atoms with van der Waals surface area (Å²) in [6.45, 7) is -0.446. The molecule has 1 aromatic carbocycles. The van der Waals surface area contributed by atoms with E-state index in [0.717, 1.165) is 0 Å². The van der Waals surface area contributed by atoms with Gasteiger partial charge in [0.1, 0.15) is 0 Å². The molecule has 0 saturated carbocycles. The number of nitrogens with one attached hydrogen (secondary N) is 1. The van der Waals surface area contributed by atoms with Gasteiger partial charge in [-0.1, -0.05) is 0 Å². The first-order valence-electron chi connectivity index (χ1n) is 4.28. The van der Waals surface area contributed by atoms with Crippen molar-refractivity contribution in [2.45, 2.75) is 0 Å². The normalized spacial score (nSPS) is 10.2. The van der Waals surface area contributed by atoms with Gasteiger partial charge in [0.15, 0.2) is 0 Å². The molecule has 4 N–H and O–H groups in total. The number of carbonyl (C=O) groups excluding carboxylic acids is 1. The third kappa shape index (κ3) is 3.66. The van der Waals surface area contributed by atoms with Crippen molar-refractivity contribution >= 4 is 31.6 Å². The van der Waals surface area contributed by atoms with E-state index in [1.807, 2.05) is 0 Å². The van der Waals surface area contributed by atoms with Gasteiger partial charge in [0.25, 0.3) is 0 Å². The maximum atomic E-state index is 11.3. The van der Waals surface area contributed by atoms with E-state index in [0.29, 0.717) is 4.35 Å². The van der Waals surface area contributed by atoms with Crippen LogP contribution in [0.1, 0.15) is 10.4 Å². The van der Waals surface area contributed by atoms with Gasteiger partial charge in [-0.15, -0.1) is 0 Å². The van der Waals surface area contributed by atoms with Crippen molar-refractivity contribution in [3.05, 3.63) is 29.8 Å². The molecule has 0 bridgehead atoms. The van der Waals surface area contributed by atoms with Gasteiger partial charge >= 0.3 is 96.1 Å². The third-order valence-corrected chi connectivity index (χ3v) is 3.36. The number of aliphatic carboxylic acids is 1. The van der Waals surface area contributed by atoms with E-state index >= 15 is 0 Å². The minimum absolute atomic E-state index is 0.279. The van der Waals surface area contributed by atoms with E-state index in [4.69, 9.17) is 13.3 Å². The zero-order valence-corrected chi connectivity index (χ0v) is 10.00. The zero-order valence-electron chi connectivity index (χ0n) is 8.12. The van der Waals surface area contributed by atoms with Gasteiger partial charge in [0, 0.05) is 0 Å². The minimum atomic E-state index is -2.90. The van der Waals surface area contributed by atoms with Crippen molar-refractivity contribution < 1.29 is 22.9 Å². The Morgan fingerprint density at radius 1 is 1.19 bits per heavy atom. The summed E-state index contributed by atoms with van der Waals surface area (Å²) in [6.07, 6.45) is 0. The predicted octanol–water partition coefficient (Wildman–Crippen LogP) is -1.82. The molecule has 0 radical (unpaired) electrons. The van der Waals surface area contributed by atoms with Crippen LogP contribution in [0.25, 0.3) is 0 Å². The summed E-state index contributed by atoms with van der Waals surface area (Å²) in [5.41, 5.74) is 0.279. The SMILES string of the molecule is O=C(O)CNC(=O)c1ccc([As](O)O)cc1. The molecule has 0 spiro atoms. The van der Waals surface area contributed by atoms with Crippen LogP contribution in [0.5, 0.6) is 0 Å². The van der Waals surface area contributed by atoms with E-state index in [2.05, 4.69) is 5.32 Å². The Morgan fingerprint density at radius 3 is 2.19 bits per heavy atom. The molecule has 0 unspecified atom stereocenters. The first-order chi connectivity index (χ1) is 7.50.